The minimum Gasteiger partial charge on any atom is -0.465 e. The van der Waals surface area contributed by atoms with Gasteiger partial charge in [0.25, 0.3) is 0 Å². The summed E-state index contributed by atoms with van der Waals surface area (Å²) in [5.41, 5.74) is 0. The molecule has 0 aliphatic rings. The second kappa shape index (κ2) is 30.2. The monoisotopic (exact) mass is 478 g/mol. The van der Waals surface area contributed by atoms with E-state index in [-0.39, 0.29) is 5.97 Å². The smallest absolute Gasteiger partial charge is 0.305 e. The van der Waals surface area contributed by atoms with E-state index in [9.17, 15) is 4.79 Å². The van der Waals surface area contributed by atoms with Gasteiger partial charge in [0, 0.05) is 6.42 Å². The van der Waals surface area contributed by atoms with Crippen LogP contribution in [0, 0.1) is 0 Å². The highest BCUT2D eigenvalue weighted by Crippen LogP contribution is 2.15. The number of hydrogen-bond donors (Lipinski definition) is 0. The second-order valence-corrected chi connectivity index (χ2v) is 10.4. The Labute approximate surface area is 215 Å². The Morgan fingerprint density at radius 3 is 1.21 bits per heavy atom. The number of esters is 1. The van der Waals surface area contributed by atoms with Gasteiger partial charge in [-0.2, -0.15) is 0 Å². The van der Waals surface area contributed by atoms with Gasteiger partial charge in [-0.1, -0.05) is 167 Å². The van der Waals surface area contributed by atoms with Crippen LogP contribution in [0.1, 0.15) is 181 Å². The third-order valence-electron chi connectivity index (χ3n) is 6.90. The van der Waals surface area contributed by atoms with Gasteiger partial charge in [0.2, 0.25) is 0 Å². The number of ether oxygens (including phenoxy) is 1. The first-order valence-corrected chi connectivity index (χ1v) is 15.6. The summed E-state index contributed by atoms with van der Waals surface area (Å²) < 4.78 is 5.28. The van der Waals surface area contributed by atoms with E-state index >= 15 is 0 Å². The molecule has 0 bridgehead atoms. The van der Waals surface area contributed by atoms with Gasteiger partial charge in [0.05, 0.1) is 6.61 Å². The predicted octanol–water partition coefficient (Wildman–Crippen LogP) is 11.3. The molecule has 0 atom stereocenters. The van der Waals surface area contributed by atoms with Gasteiger partial charge in [0.1, 0.15) is 0 Å². The van der Waals surface area contributed by atoms with Gasteiger partial charge in [-0.15, -0.1) is 0 Å². The summed E-state index contributed by atoms with van der Waals surface area (Å²) >= 11 is 0. The van der Waals surface area contributed by atoms with Crippen LogP contribution in [-0.4, -0.2) is 12.6 Å². The summed E-state index contributed by atoms with van der Waals surface area (Å²) in [5, 5.41) is 0. The number of hydrogen-bond acceptors (Lipinski definition) is 2. The molecule has 0 radical (unpaired) electrons. The summed E-state index contributed by atoms with van der Waals surface area (Å²) in [5.74, 6) is -0.0166. The average Bonchev–Trinajstić information content (AvgIpc) is 2.84. The minimum atomic E-state index is -0.0166. The molecule has 0 spiro atoms. The van der Waals surface area contributed by atoms with Crippen LogP contribution in [0.3, 0.4) is 0 Å². The SMILES string of the molecule is CCC/C=C/CCOC(=O)CCCCCCCCCCCCCCCCCCCCCCCC. The number of unbranched alkanes of at least 4 members (excludes halogenated alkanes) is 22. The average molecular weight is 479 g/mol. The van der Waals surface area contributed by atoms with Crippen LogP contribution < -0.4 is 0 Å². The Bertz CT molecular complexity index is 415. The lowest BCUT2D eigenvalue weighted by atomic mass is 10.0. The molecule has 34 heavy (non-hydrogen) atoms. The first-order valence-electron chi connectivity index (χ1n) is 15.6. The van der Waals surface area contributed by atoms with Crippen molar-refractivity contribution in [3.05, 3.63) is 12.2 Å². The molecule has 0 aromatic heterocycles. The summed E-state index contributed by atoms with van der Waals surface area (Å²) in [6.07, 6.45) is 38.7. The largest absolute Gasteiger partial charge is 0.465 e. The van der Waals surface area contributed by atoms with Crippen molar-refractivity contribution in [3.63, 3.8) is 0 Å². The third-order valence-corrected chi connectivity index (χ3v) is 6.90. The lowest BCUT2D eigenvalue weighted by Crippen LogP contribution is -2.04. The summed E-state index contributed by atoms with van der Waals surface area (Å²) in [4.78, 5) is 11.7. The zero-order valence-corrected chi connectivity index (χ0v) is 23.6. The lowest BCUT2D eigenvalue weighted by molar-refractivity contribution is -0.143. The molecule has 202 valence electrons. The normalized spacial score (nSPS) is 11.5. The maximum atomic E-state index is 11.7. The van der Waals surface area contributed by atoms with Crippen LogP contribution in [0.25, 0.3) is 0 Å². The maximum absolute atomic E-state index is 11.7. The lowest BCUT2D eigenvalue weighted by Gasteiger charge is -2.05. The van der Waals surface area contributed by atoms with Crippen molar-refractivity contribution >= 4 is 5.97 Å². The van der Waals surface area contributed by atoms with Gasteiger partial charge in [0.15, 0.2) is 0 Å². The molecule has 0 rings (SSSR count). The van der Waals surface area contributed by atoms with Crippen molar-refractivity contribution < 1.29 is 9.53 Å². The Morgan fingerprint density at radius 2 is 0.824 bits per heavy atom. The molecule has 0 aromatic carbocycles. The molecule has 2 nitrogen and oxygen atoms in total. The van der Waals surface area contributed by atoms with E-state index in [1.54, 1.807) is 0 Å². The Balaban J connectivity index is 3.12. The fourth-order valence-corrected chi connectivity index (χ4v) is 4.59. The van der Waals surface area contributed by atoms with E-state index in [2.05, 4.69) is 26.0 Å². The topological polar surface area (TPSA) is 26.3 Å². The fraction of sp³-hybridized carbons (Fsp3) is 0.906. The van der Waals surface area contributed by atoms with E-state index < -0.39 is 0 Å². The van der Waals surface area contributed by atoms with Crippen molar-refractivity contribution in [2.75, 3.05) is 6.61 Å². The molecule has 0 unspecified atom stereocenters. The molecule has 0 aliphatic heterocycles. The summed E-state index contributed by atoms with van der Waals surface area (Å²) in [6, 6.07) is 0. The van der Waals surface area contributed by atoms with Gasteiger partial charge in [-0.25, -0.2) is 0 Å². The van der Waals surface area contributed by atoms with Crippen LogP contribution in [0.15, 0.2) is 12.2 Å². The van der Waals surface area contributed by atoms with Gasteiger partial charge in [-0.05, 0) is 19.3 Å². The number of rotatable bonds is 28. The molecular weight excluding hydrogens is 416 g/mol. The van der Waals surface area contributed by atoms with E-state index in [1.165, 1.54) is 141 Å². The van der Waals surface area contributed by atoms with Crippen molar-refractivity contribution in [2.45, 2.75) is 181 Å². The third kappa shape index (κ3) is 29.2. The maximum Gasteiger partial charge on any atom is 0.305 e. The highest BCUT2D eigenvalue weighted by atomic mass is 16.5. The zero-order valence-electron chi connectivity index (χ0n) is 23.6. The highest BCUT2D eigenvalue weighted by molar-refractivity contribution is 5.69. The van der Waals surface area contributed by atoms with E-state index in [1.807, 2.05) is 0 Å². The van der Waals surface area contributed by atoms with Crippen molar-refractivity contribution in [1.82, 2.24) is 0 Å². The second-order valence-electron chi connectivity index (χ2n) is 10.4. The minimum absolute atomic E-state index is 0.0166. The summed E-state index contributed by atoms with van der Waals surface area (Å²) in [6.45, 7) is 5.01. The van der Waals surface area contributed by atoms with Crippen LogP contribution in [0.4, 0.5) is 0 Å². The molecule has 0 saturated carbocycles. The number of carbonyl (C=O) groups is 1. The van der Waals surface area contributed by atoms with Crippen molar-refractivity contribution in [3.8, 4) is 0 Å². The highest BCUT2D eigenvalue weighted by Gasteiger charge is 2.02. The van der Waals surface area contributed by atoms with Gasteiger partial charge in [-0.3, -0.25) is 4.79 Å². The first-order chi connectivity index (χ1) is 16.8. The standard InChI is InChI=1S/C32H62O2/c1-3-5-7-9-10-11-12-13-14-15-16-17-18-19-20-21-22-23-24-25-26-28-30-32(33)34-31-29-27-8-6-4-2/h8,27H,3-7,9-26,28-31H2,1-2H3/b27-8+. The Hall–Kier alpha value is -0.790. The molecule has 0 fully saturated rings. The van der Waals surface area contributed by atoms with E-state index in [4.69, 9.17) is 4.74 Å². The van der Waals surface area contributed by atoms with E-state index in [0.717, 1.165) is 19.3 Å². The number of carbonyl (C=O) groups excluding carboxylic acids is 1. The van der Waals surface area contributed by atoms with Crippen LogP contribution in [-0.2, 0) is 9.53 Å². The zero-order chi connectivity index (χ0) is 24.8. The molecule has 0 aliphatic carbocycles. The molecule has 0 amide bonds. The molecule has 0 saturated heterocycles. The van der Waals surface area contributed by atoms with E-state index in [0.29, 0.717) is 13.0 Å². The van der Waals surface area contributed by atoms with Crippen molar-refractivity contribution in [1.29, 1.82) is 0 Å². The van der Waals surface area contributed by atoms with Crippen molar-refractivity contribution in [2.24, 2.45) is 0 Å². The van der Waals surface area contributed by atoms with Gasteiger partial charge < -0.3 is 4.74 Å². The first kappa shape index (κ1) is 33.2. The Kier molecular flexibility index (Phi) is 29.5. The van der Waals surface area contributed by atoms with Gasteiger partial charge >= 0.3 is 5.97 Å². The molecule has 0 N–H and O–H groups in total. The van der Waals surface area contributed by atoms with Crippen LogP contribution in [0.2, 0.25) is 0 Å². The molecule has 0 heterocycles. The fourth-order valence-electron chi connectivity index (χ4n) is 4.59. The summed E-state index contributed by atoms with van der Waals surface area (Å²) in [7, 11) is 0. The molecule has 0 aromatic rings. The predicted molar refractivity (Wildman–Crippen MR) is 151 cm³/mol. The molecular formula is C32H62O2. The quantitative estimate of drug-likeness (QED) is 0.0634. The number of allylic oxidation sites excluding steroid dienone is 1. The van der Waals surface area contributed by atoms with Crippen LogP contribution in [0.5, 0.6) is 0 Å². The Morgan fingerprint density at radius 1 is 0.471 bits per heavy atom. The molecule has 2 heteroatoms. The van der Waals surface area contributed by atoms with Crippen LogP contribution >= 0.6 is 0 Å².